The SMILES string of the molecule is COc1ccc(Cl)cc1S(=O)(=O)N1CCc2nc3ncccc3cc2C1. The molecule has 0 spiro atoms. The second kappa shape index (κ2) is 6.50. The largest absolute Gasteiger partial charge is 0.495 e. The average molecular weight is 390 g/mol. The van der Waals surface area contributed by atoms with Crippen molar-refractivity contribution in [3.8, 4) is 5.75 Å². The van der Waals surface area contributed by atoms with Crippen LogP contribution in [0.1, 0.15) is 11.3 Å². The summed E-state index contributed by atoms with van der Waals surface area (Å²) in [7, 11) is -2.30. The number of methoxy groups -OCH3 is 1. The topological polar surface area (TPSA) is 72.4 Å². The van der Waals surface area contributed by atoms with Gasteiger partial charge in [0.25, 0.3) is 0 Å². The molecule has 8 heteroatoms. The van der Waals surface area contributed by atoms with Crippen molar-refractivity contribution in [3.05, 3.63) is 58.9 Å². The van der Waals surface area contributed by atoms with Gasteiger partial charge in [-0.05, 0) is 42.0 Å². The number of sulfonamides is 1. The van der Waals surface area contributed by atoms with E-state index in [0.29, 0.717) is 23.6 Å². The molecule has 3 aromatic rings. The highest BCUT2D eigenvalue weighted by molar-refractivity contribution is 7.89. The van der Waals surface area contributed by atoms with Gasteiger partial charge in [-0.1, -0.05) is 11.6 Å². The van der Waals surface area contributed by atoms with Crippen LogP contribution in [-0.2, 0) is 23.0 Å². The van der Waals surface area contributed by atoms with Crippen LogP contribution in [0.25, 0.3) is 11.0 Å². The van der Waals surface area contributed by atoms with E-state index < -0.39 is 10.0 Å². The lowest BCUT2D eigenvalue weighted by atomic mass is 10.1. The maximum absolute atomic E-state index is 13.1. The highest BCUT2D eigenvalue weighted by Gasteiger charge is 2.31. The van der Waals surface area contributed by atoms with Crippen molar-refractivity contribution < 1.29 is 13.2 Å². The van der Waals surface area contributed by atoms with Gasteiger partial charge in [-0.15, -0.1) is 0 Å². The van der Waals surface area contributed by atoms with E-state index in [1.54, 1.807) is 18.3 Å². The first-order valence-corrected chi connectivity index (χ1v) is 9.88. The Kier molecular flexibility index (Phi) is 4.30. The molecule has 0 aliphatic carbocycles. The van der Waals surface area contributed by atoms with Gasteiger partial charge in [0.15, 0.2) is 5.65 Å². The van der Waals surface area contributed by atoms with Crippen molar-refractivity contribution in [2.45, 2.75) is 17.9 Å². The second-order valence-corrected chi connectivity index (χ2v) is 8.37. The number of rotatable bonds is 3. The summed E-state index contributed by atoms with van der Waals surface area (Å²) in [6.45, 7) is 0.599. The summed E-state index contributed by atoms with van der Waals surface area (Å²) in [6, 6.07) is 10.3. The fourth-order valence-corrected chi connectivity index (χ4v) is 4.97. The standard InChI is InChI=1S/C18H16ClN3O3S/c1-25-16-5-4-14(19)10-17(16)26(23,24)22-8-6-15-13(11-22)9-12-3-2-7-20-18(12)21-15/h2-5,7,9-10H,6,8,11H2,1H3. The Morgan fingerprint density at radius 3 is 2.88 bits per heavy atom. The lowest BCUT2D eigenvalue weighted by Gasteiger charge is -2.28. The number of hydrogen-bond donors (Lipinski definition) is 0. The molecule has 2 aromatic heterocycles. The predicted octanol–water partition coefficient (Wildman–Crippen LogP) is 3.04. The fourth-order valence-electron chi connectivity index (χ4n) is 3.14. The number of benzene rings is 1. The van der Waals surface area contributed by atoms with Crippen LogP contribution in [0.15, 0.2) is 47.5 Å². The van der Waals surface area contributed by atoms with E-state index in [0.717, 1.165) is 16.6 Å². The van der Waals surface area contributed by atoms with E-state index in [-0.39, 0.29) is 17.2 Å². The number of hydrogen-bond acceptors (Lipinski definition) is 5. The first-order chi connectivity index (χ1) is 12.5. The normalized spacial score (nSPS) is 15.0. The third kappa shape index (κ3) is 2.92. The summed E-state index contributed by atoms with van der Waals surface area (Å²) < 4.78 is 33.0. The molecule has 6 nitrogen and oxygen atoms in total. The monoisotopic (exact) mass is 389 g/mol. The number of aromatic nitrogens is 2. The van der Waals surface area contributed by atoms with Gasteiger partial charge in [-0.2, -0.15) is 4.31 Å². The van der Waals surface area contributed by atoms with Gasteiger partial charge < -0.3 is 4.74 Å². The average Bonchev–Trinajstić information content (AvgIpc) is 2.65. The zero-order valence-corrected chi connectivity index (χ0v) is 15.6. The van der Waals surface area contributed by atoms with Crippen molar-refractivity contribution in [2.24, 2.45) is 0 Å². The minimum atomic E-state index is -3.74. The molecule has 0 saturated carbocycles. The van der Waals surface area contributed by atoms with E-state index in [9.17, 15) is 8.42 Å². The smallest absolute Gasteiger partial charge is 0.247 e. The van der Waals surface area contributed by atoms with Gasteiger partial charge in [-0.3, -0.25) is 0 Å². The molecule has 1 aliphatic rings. The first-order valence-electron chi connectivity index (χ1n) is 8.06. The molecule has 0 atom stereocenters. The molecule has 1 aromatic carbocycles. The number of nitrogens with zero attached hydrogens (tertiary/aromatic N) is 3. The first kappa shape index (κ1) is 17.2. The van der Waals surface area contributed by atoms with Gasteiger partial charge in [0.2, 0.25) is 10.0 Å². The van der Waals surface area contributed by atoms with Crippen LogP contribution in [-0.4, -0.2) is 36.3 Å². The molecular weight excluding hydrogens is 374 g/mol. The molecule has 0 fully saturated rings. The molecule has 3 heterocycles. The lowest BCUT2D eigenvalue weighted by molar-refractivity contribution is 0.376. The van der Waals surface area contributed by atoms with Crippen LogP contribution < -0.4 is 4.74 Å². The molecule has 0 unspecified atom stereocenters. The highest BCUT2D eigenvalue weighted by atomic mass is 35.5. The van der Waals surface area contributed by atoms with Crippen molar-refractivity contribution in [1.82, 2.24) is 14.3 Å². The van der Waals surface area contributed by atoms with E-state index in [2.05, 4.69) is 9.97 Å². The summed E-state index contributed by atoms with van der Waals surface area (Å²) in [5.74, 6) is 0.279. The maximum Gasteiger partial charge on any atom is 0.247 e. The molecule has 0 saturated heterocycles. The van der Waals surface area contributed by atoms with Gasteiger partial charge in [0.1, 0.15) is 10.6 Å². The van der Waals surface area contributed by atoms with Crippen LogP contribution in [0.3, 0.4) is 0 Å². The van der Waals surface area contributed by atoms with E-state index >= 15 is 0 Å². The van der Waals surface area contributed by atoms with Gasteiger partial charge >= 0.3 is 0 Å². The van der Waals surface area contributed by atoms with Gasteiger partial charge in [0, 0.05) is 41.8 Å². The van der Waals surface area contributed by atoms with Crippen molar-refractivity contribution in [2.75, 3.05) is 13.7 Å². The van der Waals surface area contributed by atoms with Gasteiger partial charge in [0.05, 0.1) is 7.11 Å². The third-order valence-corrected chi connectivity index (χ3v) is 6.55. The molecule has 0 amide bonds. The van der Waals surface area contributed by atoms with Crippen LogP contribution in [0, 0.1) is 0 Å². The minimum absolute atomic E-state index is 0.0753. The molecule has 1 aliphatic heterocycles. The summed E-state index contributed by atoms with van der Waals surface area (Å²) >= 11 is 6.01. The van der Waals surface area contributed by atoms with Crippen molar-refractivity contribution >= 4 is 32.7 Å². The van der Waals surface area contributed by atoms with Crippen molar-refractivity contribution in [3.63, 3.8) is 0 Å². The Morgan fingerprint density at radius 1 is 1.23 bits per heavy atom. The van der Waals surface area contributed by atoms with Crippen LogP contribution in [0.5, 0.6) is 5.75 Å². The lowest BCUT2D eigenvalue weighted by Crippen LogP contribution is -2.36. The van der Waals surface area contributed by atoms with E-state index in [1.165, 1.54) is 17.5 Å². The van der Waals surface area contributed by atoms with Gasteiger partial charge in [-0.25, -0.2) is 18.4 Å². The predicted molar refractivity (Wildman–Crippen MR) is 98.8 cm³/mol. The Morgan fingerprint density at radius 2 is 2.08 bits per heavy atom. The number of pyridine rings is 2. The zero-order valence-electron chi connectivity index (χ0n) is 14.0. The summed E-state index contributed by atoms with van der Waals surface area (Å²) in [5.41, 5.74) is 2.46. The summed E-state index contributed by atoms with van der Waals surface area (Å²) in [5, 5.41) is 1.24. The Hall–Kier alpha value is -2.22. The zero-order chi connectivity index (χ0) is 18.3. The number of halogens is 1. The molecular formula is C18H16ClN3O3S. The third-order valence-electron chi connectivity index (χ3n) is 4.45. The van der Waals surface area contributed by atoms with Crippen LogP contribution in [0.2, 0.25) is 5.02 Å². The highest BCUT2D eigenvalue weighted by Crippen LogP contribution is 2.32. The summed E-state index contributed by atoms with van der Waals surface area (Å²) in [6.07, 6.45) is 2.23. The molecule has 4 rings (SSSR count). The Bertz CT molecular complexity index is 1100. The summed E-state index contributed by atoms with van der Waals surface area (Å²) in [4.78, 5) is 8.91. The van der Waals surface area contributed by atoms with E-state index in [1.807, 2.05) is 18.2 Å². The Balaban J connectivity index is 1.74. The fraction of sp³-hybridized carbons (Fsp3) is 0.222. The van der Waals surface area contributed by atoms with Crippen LogP contribution >= 0.6 is 11.6 Å². The number of fused-ring (bicyclic) bond motifs is 2. The Labute approximate surface area is 156 Å². The minimum Gasteiger partial charge on any atom is -0.495 e. The molecule has 26 heavy (non-hydrogen) atoms. The molecule has 0 N–H and O–H groups in total. The number of ether oxygens (including phenoxy) is 1. The molecule has 0 radical (unpaired) electrons. The van der Waals surface area contributed by atoms with Crippen LogP contribution in [0.4, 0.5) is 0 Å². The van der Waals surface area contributed by atoms with Crippen molar-refractivity contribution in [1.29, 1.82) is 0 Å². The van der Waals surface area contributed by atoms with E-state index in [4.69, 9.17) is 16.3 Å². The maximum atomic E-state index is 13.1. The second-order valence-electron chi connectivity index (χ2n) is 6.03. The molecule has 134 valence electrons. The molecule has 0 bridgehead atoms. The quantitative estimate of drug-likeness (QED) is 0.688.